The van der Waals surface area contributed by atoms with Crippen molar-refractivity contribution < 1.29 is 9.53 Å². The van der Waals surface area contributed by atoms with E-state index in [9.17, 15) is 14.4 Å². The molecule has 1 aliphatic heterocycles. The maximum absolute atomic E-state index is 13.9. The number of imidazole rings is 1. The number of anilines is 1. The zero-order valence-corrected chi connectivity index (χ0v) is 24.0. The highest BCUT2D eigenvalue weighted by Crippen LogP contribution is 2.24. The van der Waals surface area contributed by atoms with Crippen LogP contribution < -0.4 is 21.5 Å². The topological polar surface area (TPSA) is 129 Å². The van der Waals surface area contributed by atoms with Crippen molar-refractivity contribution in [3.05, 3.63) is 57.0 Å². The van der Waals surface area contributed by atoms with Gasteiger partial charge in [0.15, 0.2) is 11.2 Å². The van der Waals surface area contributed by atoms with Crippen LogP contribution in [0.2, 0.25) is 0 Å². The zero-order valence-electron chi connectivity index (χ0n) is 24.0. The normalized spacial score (nSPS) is 15.5. The van der Waals surface area contributed by atoms with E-state index in [0.29, 0.717) is 30.2 Å². The molecule has 41 heavy (non-hydrogen) atoms. The zero-order chi connectivity index (χ0) is 29.3. The van der Waals surface area contributed by atoms with E-state index in [1.165, 1.54) is 9.13 Å². The Bertz CT molecular complexity index is 1800. The van der Waals surface area contributed by atoms with Crippen LogP contribution in [0, 0.1) is 11.8 Å². The number of hydrogen-bond acceptors (Lipinski definition) is 8. The van der Waals surface area contributed by atoms with Crippen molar-refractivity contribution in [3.63, 3.8) is 0 Å². The number of aromatic nitrogens is 6. The lowest BCUT2D eigenvalue weighted by Crippen LogP contribution is -2.49. The molecule has 12 nitrogen and oxygen atoms in total. The first-order chi connectivity index (χ1) is 19.6. The average Bonchev–Trinajstić information content (AvgIpc) is 3.32. The Kier molecular flexibility index (Phi) is 7.53. The van der Waals surface area contributed by atoms with Crippen molar-refractivity contribution in [2.45, 2.75) is 65.3 Å². The summed E-state index contributed by atoms with van der Waals surface area (Å²) in [5, 5.41) is 2.95. The first-order valence-electron chi connectivity index (χ1n) is 13.6. The third kappa shape index (κ3) is 5.79. The molecule has 0 saturated carbocycles. The second kappa shape index (κ2) is 11.1. The lowest BCUT2D eigenvalue weighted by atomic mass is 10.1. The van der Waals surface area contributed by atoms with Gasteiger partial charge in [0.1, 0.15) is 5.60 Å². The van der Waals surface area contributed by atoms with Gasteiger partial charge in [0.05, 0.1) is 29.8 Å². The predicted molar refractivity (Wildman–Crippen MR) is 156 cm³/mol. The van der Waals surface area contributed by atoms with Crippen LogP contribution in [0.3, 0.4) is 0 Å². The molecule has 5 heterocycles. The van der Waals surface area contributed by atoms with E-state index in [2.05, 4.69) is 27.1 Å². The van der Waals surface area contributed by atoms with Crippen LogP contribution in [0.1, 0.15) is 46.2 Å². The number of fused-ring (bicyclic) bond motifs is 2. The van der Waals surface area contributed by atoms with Gasteiger partial charge in [-0.25, -0.2) is 14.6 Å². The molecule has 0 bridgehead atoms. The molecule has 1 unspecified atom stereocenters. The van der Waals surface area contributed by atoms with Gasteiger partial charge in [-0.15, -0.1) is 5.92 Å². The predicted octanol–water partition coefficient (Wildman–Crippen LogP) is 2.41. The Morgan fingerprint density at radius 3 is 2.71 bits per heavy atom. The summed E-state index contributed by atoms with van der Waals surface area (Å²) in [7, 11) is 1.61. The van der Waals surface area contributed by atoms with Crippen LogP contribution in [-0.4, -0.2) is 59.5 Å². The summed E-state index contributed by atoms with van der Waals surface area (Å²) in [4.78, 5) is 55.4. The fraction of sp³-hybridized carbons (Fsp3) is 0.448. The van der Waals surface area contributed by atoms with Gasteiger partial charge < -0.3 is 15.0 Å². The maximum Gasteiger partial charge on any atom is 0.407 e. The van der Waals surface area contributed by atoms with E-state index in [1.807, 2.05) is 37.8 Å². The van der Waals surface area contributed by atoms with Gasteiger partial charge in [-0.2, -0.15) is 4.98 Å². The number of pyridine rings is 2. The minimum atomic E-state index is -0.602. The van der Waals surface area contributed by atoms with E-state index in [4.69, 9.17) is 9.72 Å². The van der Waals surface area contributed by atoms with Gasteiger partial charge in [-0.3, -0.25) is 23.5 Å². The number of alkyl carbamates (subject to hydrolysis) is 1. The number of carbonyl (C=O) groups excluding carboxylic acids is 1. The molecule has 0 aromatic carbocycles. The Hall–Kier alpha value is -4.66. The summed E-state index contributed by atoms with van der Waals surface area (Å²) < 4.78 is 9.77. The van der Waals surface area contributed by atoms with Gasteiger partial charge in [0.25, 0.3) is 5.56 Å². The molecule has 12 heteroatoms. The van der Waals surface area contributed by atoms with Gasteiger partial charge in [-0.05, 0) is 64.8 Å². The Morgan fingerprint density at radius 1 is 1.15 bits per heavy atom. The number of ether oxygens (including phenoxy) is 1. The van der Waals surface area contributed by atoms with E-state index in [-0.39, 0.29) is 30.3 Å². The lowest BCUT2D eigenvalue weighted by Gasteiger charge is -2.34. The van der Waals surface area contributed by atoms with Crippen LogP contribution in [-0.2, 0) is 24.9 Å². The third-order valence-electron chi connectivity index (χ3n) is 6.89. The molecular formula is C29H34N8O4. The fourth-order valence-electron chi connectivity index (χ4n) is 5.05. The number of amides is 1. The van der Waals surface area contributed by atoms with Crippen molar-refractivity contribution in [2.24, 2.45) is 7.05 Å². The lowest BCUT2D eigenvalue weighted by molar-refractivity contribution is 0.0499. The van der Waals surface area contributed by atoms with E-state index in [0.717, 1.165) is 18.4 Å². The van der Waals surface area contributed by atoms with Crippen LogP contribution in [0.4, 0.5) is 10.7 Å². The number of nitrogens with one attached hydrogen (secondary N) is 1. The first kappa shape index (κ1) is 27.9. The van der Waals surface area contributed by atoms with Gasteiger partial charge in [-0.1, -0.05) is 5.92 Å². The molecule has 0 aliphatic carbocycles. The van der Waals surface area contributed by atoms with Gasteiger partial charge >= 0.3 is 11.8 Å². The van der Waals surface area contributed by atoms with E-state index >= 15 is 0 Å². The van der Waals surface area contributed by atoms with Gasteiger partial charge in [0, 0.05) is 32.4 Å². The summed E-state index contributed by atoms with van der Waals surface area (Å²) in [6.45, 7) is 8.55. The molecule has 4 aromatic rings. The largest absolute Gasteiger partial charge is 0.444 e. The molecule has 1 atom stereocenters. The number of carbonyl (C=O) groups is 1. The van der Waals surface area contributed by atoms with Crippen molar-refractivity contribution in [1.29, 1.82) is 0 Å². The molecule has 1 aliphatic rings. The summed E-state index contributed by atoms with van der Waals surface area (Å²) in [6.07, 6.45) is 2.80. The molecular weight excluding hydrogens is 524 g/mol. The highest BCUT2D eigenvalue weighted by atomic mass is 16.6. The first-order valence-corrected chi connectivity index (χ1v) is 13.6. The highest BCUT2D eigenvalue weighted by Gasteiger charge is 2.29. The SMILES string of the molecule is CC#CCn1c(N2CCCC(NC(=O)OC(C)(C)C)C2)nc2c1c(=O)n(Cc1ccc3ncccc3n1)c(=O)n2C. The number of rotatable bonds is 5. The van der Waals surface area contributed by atoms with Crippen LogP contribution >= 0.6 is 0 Å². The maximum atomic E-state index is 13.9. The summed E-state index contributed by atoms with van der Waals surface area (Å²) in [6, 6.07) is 7.05. The summed E-state index contributed by atoms with van der Waals surface area (Å²) >= 11 is 0. The molecule has 4 aromatic heterocycles. The molecule has 0 spiro atoms. The van der Waals surface area contributed by atoms with Gasteiger partial charge in [0.2, 0.25) is 5.95 Å². The quantitative estimate of drug-likeness (QED) is 0.370. The molecule has 214 valence electrons. The second-order valence-electron chi connectivity index (χ2n) is 11.1. The molecule has 5 rings (SSSR count). The average molecular weight is 559 g/mol. The van der Waals surface area contributed by atoms with Crippen molar-refractivity contribution in [1.82, 2.24) is 34.0 Å². The smallest absolute Gasteiger partial charge is 0.407 e. The number of nitrogens with zero attached hydrogens (tertiary/aromatic N) is 7. The molecule has 1 fully saturated rings. The Balaban J connectivity index is 1.54. The van der Waals surface area contributed by atoms with E-state index < -0.39 is 22.9 Å². The van der Waals surface area contributed by atoms with Crippen LogP contribution in [0.15, 0.2) is 40.1 Å². The molecule has 1 amide bonds. The molecule has 1 N–H and O–H groups in total. The monoisotopic (exact) mass is 558 g/mol. The van der Waals surface area contributed by atoms with Crippen LogP contribution in [0.25, 0.3) is 22.2 Å². The molecule has 1 saturated heterocycles. The second-order valence-corrected chi connectivity index (χ2v) is 11.1. The number of piperidine rings is 1. The van der Waals surface area contributed by atoms with Crippen molar-refractivity contribution in [2.75, 3.05) is 18.0 Å². The standard InChI is InChI=1S/C29H34N8O4/c1-6-7-16-36-23-24(33-26(36)35-15-9-10-19(17-35)32-27(39)41-29(2,3)4)34(5)28(40)37(25(23)38)18-20-12-13-21-22(31-20)11-8-14-30-21/h8,11-14,19H,9-10,15-18H2,1-5H3,(H,32,39). The van der Waals surface area contributed by atoms with Crippen molar-refractivity contribution >= 4 is 34.2 Å². The minimum Gasteiger partial charge on any atom is -0.444 e. The number of hydrogen-bond donors (Lipinski definition) is 1. The summed E-state index contributed by atoms with van der Waals surface area (Å²) in [5.41, 5.74) is 0.988. The minimum absolute atomic E-state index is 0.00214. The fourth-order valence-corrected chi connectivity index (χ4v) is 5.05. The Labute approximate surface area is 237 Å². The van der Waals surface area contributed by atoms with E-state index in [1.54, 1.807) is 36.9 Å². The highest BCUT2D eigenvalue weighted by molar-refractivity contribution is 5.75. The third-order valence-corrected chi connectivity index (χ3v) is 6.89. The molecule has 0 radical (unpaired) electrons. The van der Waals surface area contributed by atoms with Crippen molar-refractivity contribution in [3.8, 4) is 11.8 Å². The number of aryl methyl sites for hydroxylation is 1. The van der Waals surface area contributed by atoms with Crippen LogP contribution in [0.5, 0.6) is 0 Å². The Morgan fingerprint density at radius 2 is 1.95 bits per heavy atom. The summed E-state index contributed by atoms with van der Waals surface area (Å²) in [5.74, 6) is 6.46.